The number of carbonyl (C=O) groups is 2. The van der Waals surface area contributed by atoms with Crippen LogP contribution >= 0.6 is 23.2 Å². The fourth-order valence-corrected chi connectivity index (χ4v) is 2.42. The Morgan fingerprint density at radius 1 is 1.21 bits per heavy atom. The SMILES string of the molecule is O=C(O)CCN(C(=O)c1cc(Cl)cc(Cl)c1)C1CC1. The van der Waals surface area contributed by atoms with Gasteiger partial charge < -0.3 is 10.0 Å². The van der Waals surface area contributed by atoms with E-state index in [-0.39, 0.29) is 24.9 Å². The summed E-state index contributed by atoms with van der Waals surface area (Å²) in [5, 5.41) is 9.51. The van der Waals surface area contributed by atoms with Crippen molar-refractivity contribution in [3.63, 3.8) is 0 Å². The first-order valence-electron chi connectivity index (χ1n) is 5.96. The Morgan fingerprint density at radius 3 is 2.26 bits per heavy atom. The number of amides is 1. The van der Waals surface area contributed by atoms with Crippen LogP contribution in [0.1, 0.15) is 29.6 Å². The Morgan fingerprint density at radius 2 is 1.79 bits per heavy atom. The molecule has 1 saturated carbocycles. The summed E-state index contributed by atoms with van der Waals surface area (Å²) in [5.41, 5.74) is 0.398. The molecule has 0 bridgehead atoms. The smallest absolute Gasteiger partial charge is 0.305 e. The third-order valence-corrected chi connectivity index (χ3v) is 3.36. The van der Waals surface area contributed by atoms with E-state index in [0.29, 0.717) is 15.6 Å². The number of halogens is 2. The van der Waals surface area contributed by atoms with Crippen LogP contribution in [-0.4, -0.2) is 34.5 Å². The summed E-state index contributed by atoms with van der Waals surface area (Å²) in [6, 6.07) is 4.79. The van der Waals surface area contributed by atoms with Gasteiger partial charge in [-0.1, -0.05) is 23.2 Å². The van der Waals surface area contributed by atoms with Crippen LogP contribution in [-0.2, 0) is 4.79 Å². The van der Waals surface area contributed by atoms with Gasteiger partial charge in [0.05, 0.1) is 6.42 Å². The van der Waals surface area contributed by atoms with E-state index in [9.17, 15) is 9.59 Å². The van der Waals surface area contributed by atoms with Gasteiger partial charge in [0.25, 0.3) is 5.91 Å². The van der Waals surface area contributed by atoms with Crippen molar-refractivity contribution in [2.45, 2.75) is 25.3 Å². The van der Waals surface area contributed by atoms with E-state index in [4.69, 9.17) is 28.3 Å². The zero-order chi connectivity index (χ0) is 14.0. The Bertz CT molecular complexity index is 494. The fraction of sp³-hybridized carbons (Fsp3) is 0.385. The molecule has 19 heavy (non-hydrogen) atoms. The first-order valence-corrected chi connectivity index (χ1v) is 6.72. The van der Waals surface area contributed by atoms with E-state index in [1.807, 2.05) is 0 Å². The molecule has 1 amide bonds. The number of carboxylic acid groups (broad SMARTS) is 1. The summed E-state index contributed by atoms with van der Waals surface area (Å²) in [7, 11) is 0. The molecule has 1 aromatic carbocycles. The predicted molar refractivity (Wildman–Crippen MR) is 72.8 cm³/mol. The van der Waals surface area contributed by atoms with Crippen LogP contribution in [0.15, 0.2) is 18.2 Å². The maximum absolute atomic E-state index is 12.4. The van der Waals surface area contributed by atoms with Gasteiger partial charge in [0.2, 0.25) is 0 Å². The number of carbonyl (C=O) groups excluding carboxylic acids is 1. The van der Waals surface area contributed by atoms with E-state index in [1.165, 1.54) is 0 Å². The van der Waals surface area contributed by atoms with Gasteiger partial charge in [0.1, 0.15) is 0 Å². The Hall–Kier alpha value is -1.26. The van der Waals surface area contributed by atoms with Crippen LogP contribution in [0.5, 0.6) is 0 Å². The summed E-state index contributed by atoms with van der Waals surface area (Å²) in [6.07, 6.45) is 1.77. The van der Waals surface area contributed by atoms with Crippen LogP contribution in [0, 0.1) is 0 Å². The number of aliphatic carboxylic acids is 1. The second kappa shape index (κ2) is 5.80. The average molecular weight is 302 g/mol. The zero-order valence-corrected chi connectivity index (χ0v) is 11.6. The highest BCUT2D eigenvalue weighted by molar-refractivity contribution is 6.35. The molecule has 0 spiro atoms. The molecule has 1 fully saturated rings. The molecule has 1 aromatic rings. The summed E-state index contributed by atoms with van der Waals surface area (Å²) >= 11 is 11.7. The van der Waals surface area contributed by atoms with Crippen molar-refractivity contribution in [1.82, 2.24) is 4.90 Å². The number of hydrogen-bond acceptors (Lipinski definition) is 2. The van der Waals surface area contributed by atoms with Crippen molar-refractivity contribution >= 4 is 35.1 Å². The minimum absolute atomic E-state index is 0.0590. The molecular weight excluding hydrogens is 289 g/mol. The minimum Gasteiger partial charge on any atom is -0.481 e. The third kappa shape index (κ3) is 3.85. The van der Waals surface area contributed by atoms with E-state index >= 15 is 0 Å². The molecule has 0 aliphatic heterocycles. The summed E-state index contributed by atoms with van der Waals surface area (Å²) in [5.74, 6) is -1.13. The van der Waals surface area contributed by atoms with Gasteiger partial charge in [-0.2, -0.15) is 0 Å². The van der Waals surface area contributed by atoms with Crippen LogP contribution < -0.4 is 0 Å². The lowest BCUT2D eigenvalue weighted by atomic mass is 10.2. The molecule has 1 N–H and O–H groups in total. The molecule has 1 aliphatic carbocycles. The van der Waals surface area contributed by atoms with Crippen molar-refractivity contribution in [3.8, 4) is 0 Å². The van der Waals surface area contributed by atoms with Gasteiger partial charge in [-0.3, -0.25) is 9.59 Å². The molecule has 1 aliphatic rings. The predicted octanol–water partition coefficient (Wildman–Crippen LogP) is 3.07. The van der Waals surface area contributed by atoms with Gasteiger partial charge in [0.15, 0.2) is 0 Å². The molecule has 0 aromatic heterocycles. The number of benzene rings is 1. The molecule has 0 heterocycles. The Kier molecular flexibility index (Phi) is 4.32. The van der Waals surface area contributed by atoms with E-state index < -0.39 is 5.97 Å². The third-order valence-electron chi connectivity index (χ3n) is 2.92. The molecule has 6 heteroatoms. The van der Waals surface area contributed by atoms with Crippen molar-refractivity contribution in [2.75, 3.05) is 6.54 Å². The van der Waals surface area contributed by atoms with Crippen molar-refractivity contribution in [3.05, 3.63) is 33.8 Å². The summed E-state index contributed by atoms with van der Waals surface area (Å²) < 4.78 is 0. The highest BCUT2D eigenvalue weighted by atomic mass is 35.5. The molecule has 2 rings (SSSR count). The highest BCUT2D eigenvalue weighted by Gasteiger charge is 2.33. The minimum atomic E-state index is -0.914. The zero-order valence-electron chi connectivity index (χ0n) is 10.1. The summed E-state index contributed by atoms with van der Waals surface area (Å²) in [4.78, 5) is 24.6. The lowest BCUT2D eigenvalue weighted by Gasteiger charge is -2.21. The number of nitrogens with zero attached hydrogens (tertiary/aromatic N) is 1. The van der Waals surface area contributed by atoms with Crippen LogP contribution in [0.3, 0.4) is 0 Å². The quantitative estimate of drug-likeness (QED) is 0.909. The van der Waals surface area contributed by atoms with Gasteiger partial charge >= 0.3 is 5.97 Å². The lowest BCUT2D eigenvalue weighted by Crippen LogP contribution is -2.35. The molecular formula is C13H13Cl2NO3. The van der Waals surface area contributed by atoms with Crippen molar-refractivity contribution < 1.29 is 14.7 Å². The van der Waals surface area contributed by atoms with E-state index in [0.717, 1.165) is 12.8 Å². The Labute approximate surface area is 120 Å². The van der Waals surface area contributed by atoms with Gasteiger partial charge in [0, 0.05) is 28.2 Å². The monoisotopic (exact) mass is 301 g/mol. The molecule has 102 valence electrons. The second-order valence-electron chi connectivity index (χ2n) is 4.53. The van der Waals surface area contributed by atoms with E-state index in [2.05, 4.69) is 0 Å². The standard InChI is InChI=1S/C13H13Cl2NO3/c14-9-5-8(6-10(15)7-9)13(19)16(11-1-2-11)4-3-12(17)18/h5-7,11H,1-4H2,(H,17,18). The maximum atomic E-state index is 12.4. The van der Waals surface area contributed by atoms with Gasteiger partial charge in [-0.05, 0) is 31.0 Å². The van der Waals surface area contributed by atoms with Crippen LogP contribution in [0.2, 0.25) is 10.0 Å². The van der Waals surface area contributed by atoms with Gasteiger partial charge in [-0.25, -0.2) is 0 Å². The Balaban J connectivity index is 2.16. The summed E-state index contributed by atoms with van der Waals surface area (Å²) in [6.45, 7) is 0.211. The van der Waals surface area contributed by atoms with E-state index in [1.54, 1.807) is 23.1 Å². The second-order valence-corrected chi connectivity index (χ2v) is 5.40. The first kappa shape index (κ1) is 14.2. The number of rotatable bonds is 5. The van der Waals surface area contributed by atoms with Gasteiger partial charge in [-0.15, -0.1) is 0 Å². The largest absolute Gasteiger partial charge is 0.481 e. The topological polar surface area (TPSA) is 57.6 Å². The molecule has 0 atom stereocenters. The normalized spacial score (nSPS) is 14.2. The number of carboxylic acids is 1. The molecule has 0 saturated heterocycles. The molecule has 4 nitrogen and oxygen atoms in total. The van der Waals surface area contributed by atoms with Crippen LogP contribution in [0.25, 0.3) is 0 Å². The maximum Gasteiger partial charge on any atom is 0.305 e. The van der Waals surface area contributed by atoms with Crippen molar-refractivity contribution in [1.29, 1.82) is 0 Å². The van der Waals surface area contributed by atoms with Crippen molar-refractivity contribution in [2.24, 2.45) is 0 Å². The van der Waals surface area contributed by atoms with Crippen LogP contribution in [0.4, 0.5) is 0 Å². The number of hydrogen-bond donors (Lipinski definition) is 1. The molecule has 0 radical (unpaired) electrons. The first-order chi connectivity index (χ1) is 8.97. The lowest BCUT2D eigenvalue weighted by molar-refractivity contribution is -0.137. The highest BCUT2D eigenvalue weighted by Crippen LogP contribution is 2.29. The molecule has 0 unspecified atom stereocenters. The average Bonchev–Trinajstić information content (AvgIpc) is 3.11. The fourth-order valence-electron chi connectivity index (χ4n) is 1.90.